The predicted octanol–water partition coefficient (Wildman–Crippen LogP) is 7.29. The van der Waals surface area contributed by atoms with E-state index in [1.165, 1.54) is 48.4 Å². The molecule has 10 heteroatoms. The molecule has 1 N–H and O–H groups in total. The third-order valence-electron chi connectivity index (χ3n) is 6.05. The molecule has 0 aliphatic heterocycles. The number of aromatic nitrogens is 1. The molecule has 0 radical (unpaired) electrons. The number of nitrogens with zero attached hydrogens (tertiary/aromatic N) is 2. The SMILES string of the molecule is C=C(C)N(C(=O)C(=CC)C(=O)Nc1ccc(Oc2ccnc3cc(OC)c(OC)cc23)c(Cl)c1)c1ccc(F)cc1. The molecular formula is C31H27ClFN3O5. The van der Waals surface area contributed by atoms with E-state index in [2.05, 4.69) is 16.9 Å². The van der Waals surface area contributed by atoms with Gasteiger partial charge in [0, 0.05) is 34.7 Å². The lowest BCUT2D eigenvalue weighted by atomic mass is 10.1. The number of ether oxygens (including phenoxy) is 3. The number of carbonyl (C=O) groups excluding carboxylic acids is 2. The number of hydrogen-bond acceptors (Lipinski definition) is 6. The lowest BCUT2D eigenvalue weighted by molar-refractivity contribution is -0.119. The lowest BCUT2D eigenvalue weighted by Gasteiger charge is -2.24. The Hall–Kier alpha value is -4.89. The van der Waals surface area contributed by atoms with Crippen molar-refractivity contribution in [3.63, 3.8) is 0 Å². The third kappa shape index (κ3) is 6.31. The number of anilines is 2. The minimum Gasteiger partial charge on any atom is -0.493 e. The van der Waals surface area contributed by atoms with Gasteiger partial charge in [-0.25, -0.2) is 4.39 Å². The summed E-state index contributed by atoms with van der Waals surface area (Å²) in [5, 5.41) is 3.59. The summed E-state index contributed by atoms with van der Waals surface area (Å²) in [6.07, 6.45) is 3.00. The van der Waals surface area contributed by atoms with E-state index >= 15 is 0 Å². The highest BCUT2D eigenvalue weighted by molar-refractivity contribution is 6.32. The van der Waals surface area contributed by atoms with Crippen LogP contribution in [0.25, 0.3) is 10.9 Å². The van der Waals surface area contributed by atoms with E-state index in [1.54, 1.807) is 57.5 Å². The number of allylic oxidation sites excluding steroid dienone is 2. The molecule has 3 aromatic carbocycles. The molecule has 0 aliphatic carbocycles. The molecule has 2 amide bonds. The van der Waals surface area contributed by atoms with Crippen molar-refractivity contribution < 1.29 is 28.2 Å². The molecule has 0 fully saturated rings. The van der Waals surface area contributed by atoms with Crippen LogP contribution < -0.4 is 24.4 Å². The quantitative estimate of drug-likeness (QED) is 0.128. The van der Waals surface area contributed by atoms with Crippen LogP contribution >= 0.6 is 11.6 Å². The van der Waals surface area contributed by atoms with Crippen LogP contribution in [-0.4, -0.2) is 31.0 Å². The van der Waals surface area contributed by atoms with Crippen molar-refractivity contribution in [3.05, 3.63) is 102 Å². The van der Waals surface area contributed by atoms with Crippen molar-refractivity contribution >= 4 is 45.7 Å². The van der Waals surface area contributed by atoms with E-state index in [0.29, 0.717) is 51.0 Å². The fourth-order valence-electron chi connectivity index (χ4n) is 4.09. The largest absolute Gasteiger partial charge is 0.493 e. The fourth-order valence-corrected chi connectivity index (χ4v) is 4.31. The number of nitrogens with one attached hydrogen (secondary N) is 1. The van der Waals surface area contributed by atoms with Gasteiger partial charge in [-0.15, -0.1) is 0 Å². The Labute approximate surface area is 241 Å². The van der Waals surface area contributed by atoms with Crippen molar-refractivity contribution in [1.82, 2.24) is 4.98 Å². The zero-order valence-corrected chi connectivity index (χ0v) is 23.6. The first-order valence-electron chi connectivity index (χ1n) is 12.4. The summed E-state index contributed by atoms with van der Waals surface area (Å²) >= 11 is 6.51. The molecule has 0 bridgehead atoms. The van der Waals surface area contributed by atoms with Crippen molar-refractivity contribution in [2.45, 2.75) is 13.8 Å². The van der Waals surface area contributed by atoms with E-state index in [9.17, 15) is 14.0 Å². The van der Waals surface area contributed by atoms with E-state index < -0.39 is 17.6 Å². The standard InChI is InChI=1S/C31H27ClFN3O5/c1-6-22(31(38)36(18(2)3)21-10-7-19(33)8-11-21)30(37)35-20-9-12-27(24(32)15-20)41-26-13-14-34-25-17-29(40-5)28(39-4)16-23(25)26/h6-17H,2H2,1,3-5H3,(H,35,37). The average Bonchev–Trinajstić information content (AvgIpc) is 2.95. The second kappa shape index (κ2) is 12.5. The summed E-state index contributed by atoms with van der Waals surface area (Å²) < 4.78 is 30.3. The molecule has 0 saturated carbocycles. The molecule has 0 aliphatic rings. The zero-order chi connectivity index (χ0) is 29.7. The molecular weight excluding hydrogens is 549 g/mol. The molecule has 210 valence electrons. The molecule has 0 spiro atoms. The molecule has 0 saturated heterocycles. The highest BCUT2D eigenvalue weighted by Gasteiger charge is 2.26. The summed E-state index contributed by atoms with van der Waals surface area (Å²) in [5.74, 6) is 0.139. The summed E-state index contributed by atoms with van der Waals surface area (Å²) in [6, 6.07) is 15.2. The van der Waals surface area contributed by atoms with Crippen LogP contribution in [0.5, 0.6) is 23.0 Å². The minimum atomic E-state index is -0.656. The van der Waals surface area contributed by atoms with Crippen molar-refractivity contribution in [2.24, 2.45) is 0 Å². The molecule has 4 aromatic rings. The Bertz CT molecular complexity index is 1670. The summed E-state index contributed by atoms with van der Waals surface area (Å²) in [5.41, 5.74) is 1.57. The maximum Gasteiger partial charge on any atom is 0.267 e. The highest BCUT2D eigenvalue weighted by atomic mass is 35.5. The molecule has 1 aromatic heterocycles. The number of halogens is 2. The van der Waals surface area contributed by atoms with Gasteiger partial charge in [0.05, 0.1) is 24.8 Å². The van der Waals surface area contributed by atoms with Crippen LogP contribution in [0.15, 0.2) is 90.8 Å². The van der Waals surface area contributed by atoms with Gasteiger partial charge < -0.3 is 19.5 Å². The van der Waals surface area contributed by atoms with Crippen LogP contribution in [-0.2, 0) is 9.59 Å². The van der Waals surface area contributed by atoms with Crippen molar-refractivity contribution in [1.29, 1.82) is 0 Å². The number of methoxy groups -OCH3 is 2. The monoisotopic (exact) mass is 575 g/mol. The van der Waals surface area contributed by atoms with Gasteiger partial charge in [0.1, 0.15) is 22.9 Å². The normalized spacial score (nSPS) is 11.1. The van der Waals surface area contributed by atoms with E-state index in [0.717, 1.165) is 0 Å². The number of pyridine rings is 1. The number of amides is 2. The number of fused-ring (bicyclic) bond motifs is 1. The Balaban J connectivity index is 1.55. The molecule has 1 heterocycles. The molecule has 41 heavy (non-hydrogen) atoms. The predicted molar refractivity (Wildman–Crippen MR) is 157 cm³/mol. The molecule has 8 nitrogen and oxygen atoms in total. The Kier molecular flexibility index (Phi) is 8.89. The number of hydrogen-bond donors (Lipinski definition) is 1. The second-order valence-corrected chi connectivity index (χ2v) is 9.20. The summed E-state index contributed by atoms with van der Waals surface area (Å²) in [6.45, 7) is 7.02. The first-order valence-corrected chi connectivity index (χ1v) is 12.8. The van der Waals surface area contributed by atoms with E-state index in [4.69, 9.17) is 25.8 Å². The lowest BCUT2D eigenvalue weighted by Crippen LogP contribution is -2.34. The van der Waals surface area contributed by atoms with E-state index in [-0.39, 0.29) is 10.6 Å². The average molecular weight is 576 g/mol. The Morgan fingerprint density at radius 2 is 1.66 bits per heavy atom. The van der Waals surface area contributed by atoms with Gasteiger partial charge in [-0.2, -0.15) is 0 Å². The van der Waals surface area contributed by atoms with Crippen molar-refractivity contribution in [2.75, 3.05) is 24.4 Å². The van der Waals surface area contributed by atoms with Gasteiger partial charge >= 0.3 is 0 Å². The smallest absolute Gasteiger partial charge is 0.267 e. The van der Waals surface area contributed by atoms with Crippen molar-refractivity contribution in [3.8, 4) is 23.0 Å². The highest BCUT2D eigenvalue weighted by Crippen LogP contribution is 2.39. The minimum absolute atomic E-state index is 0.138. The van der Waals surface area contributed by atoms with Gasteiger partial charge in [0.2, 0.25) is 0 Å². The number of carbonyl (C=O) groups is 2. The topological polar surface area (TPSA) is 90.0 Å². The van der Waals surface area contributed by atoms with Gasteiger partial charge in [-0.05, 0) is 68.4 Å². The van der Waals surface area contributed by atoms with Crippen LogP contribution in [0.1, 0.15) is 13.8 Å². The van der Waals surface area contributed by atoms with Crippen LogP contribution in [0.2, 0.25) is 5.02 Å². The fraction of sp³-hybridized carbons (Fsp3) is 0.129. The zero-order valence-electron chi connectivity index (χ0n) is 22.8. The Morgan fingerprint density at radius 3 is 2.27 bits per heavy atom. The summed E-state index contributed by atoms with van der Waals surface area (Å²) in [7, 11) is 3.08. The van der Waals surface area contributed by atoms with Gasteiger partial charge in [-0.1, -0.05) is 24.3 Å². The Morgan fingerprint density at radius 1 is 0.976 bits per heavy atom. The molecule has 0 unspecified atom stereocenters. The second-order valence-electron chi connectivity index (χ2n) is 8.79. The van der Waals surface area contributed by atoms with Crippen LogP contribution in [0, 0.1) is 5.82 Å². The first kappa shape index (κ1) is 29.1. The van der Waals surface area contributed by atoms with Crippen LogP contribution in [0.3, 0.4) is 0 Å². The number of rotatable bonds is 9. The third-order valence-corrected chi connectivity index (χ3v) is 6.35. The van der Waals surface area contributed by atoms with Gasteiger partial charge in [0.25, 0.3) is 11.8 Å². The number of benzene rings is 3. The first-order chi connectivity index (χ1) is 19.7. The maximum atomic E-state index is 13.4. The molecule has 4 rings (SSSR count). The van der Waals surface area contributed by atoms with Gasteiger partial charge in [-0.3, -0.25) is 19.5 Å². The summed E-state index contributed by atoms with van der Waals surface area (Å²) in [4.78, 5) is 32.1. The van der Waals surface area contributed by atoms with Crippen LogP contribution in [0.4, 0.5) is 15.8 Å². The van der Waals surface area contributed by atoms with Gasteiger partial charge in [0.15, 0.2) is 11.5 Å². The van der Waals surface area contributed by atoms with E-state index in [1.807, 2.05) is 0 Å². The maximum absolute atomic E-state index is 13.4. The molecule has 0 atom stereocenters.